The molecule has 0 saturated carbocycles. The van der Waals surface area contributed by atoms with E-state index in [1.54, 1.807) is 12.1 Å². The number of hydrogen-bond donors (Lipinski definition) is 0. The van der Waals surface area contributed by atoms with Gasteiger partial charge in [0.25, 0.3) is 0 Å². The van der Waals surface area contributed by atoms with Crippen LogP contribution in [0.1, 0.15) is 12.0 Å². The third-order valence-electron chi connectivity index (χ3n) is 2.47. The number of anilines is 1. The molecule has 4 heteroatoms. The Morgan fingerprint density at radius 3 is 2.87 bits per heavy atom. The summed E-state index contributed by atoms with van der Waals surface area (Å²) in [5, 5.41) is 9.42. The van der Waals surface area contributed by atoms with Crippen LogP contribution in [-0.4, -0.2) is 18.9 Å². The number of halogens is 1. The minimum Gasteiger partial charge on any atom is -0.363 e. The lowest BCUT2D eigenvalue weighted by molar-refractivity contribution is -0.116. The second-order valence-corrected chi connectivity index (χ2v) is 3.86. The summed E-state index contributed by atoms with van der Waals surface area (Å²) in [6.45, 7) is 1.06. The Morgan fingerprint density at radius 1 is 1.47 bits per heavy atom. The van der Waals surface area contributed by atoms with Crippen molar-refractivity contribution in [3.05, 3.63) is 28.8 Å². The van der Waals surface area contributed by atoms with Gasteiger partial charge in [0.05, 0.1) is 22.8 Å². The molecule has 1 heterocycles. The lowest BCUT2D eigenvalue weighted by Crippen LogP contribution is -2.20. The number of hydrogen-bond acceptors (Lipinski definition) is 3. The molecular weight excluding hydrogens is 212 g/mol. The number of ketones is 1. The Morgan fingerprint density at radius 2 is 2.27 bits per heavy atom. The lowest BCUT2D eigenvalue weighted by atomic mass is 10.2. The summed E-state index contributed by atoms with van der Waals surface area (Å²) in [7, 11) is 0. The van der Waals surface area contributed by atoms with Crippen LogP contribution in [0.15, 0.2) is 18.2 Å². The van der Waals surface area contributed by atoms with Crippen LogP contribution in [0.5, 0.6) is 0 Å². The molecule has 0 amide bonds. The molecule has 0 aromatic heterocycles. The van der Waals surface area contributed by atoms with Gasteiger partial charge >= 0.3 is 0 Å². The second-order valence-electron chi connectivity index (χ2n) is 3.46. The van der Waals surface area contributed by atoms with E-state index in [0.29, 0.717) is 30.1 Å². The molecule has 1 saturated heterocycles. The zero-order valence-electron chi connectivity index (χ0n) is 8.03. The first kappa shape index (κ1) is 10.0. The summed E-state index contributed by atoms with van der Waals surface area (Å²) in [5.41, 5.74) is 1.21. The van der Waals surface area contributed by atoms with Crippen LogP contribution in [-0.2, 0) is 4.79 Å². The molecule has 3 nitrogen and oxygen atoms in total. The van der Waals surface area contributed by atoms with E-state index < -0.39 is 0 Å². The highest BCUT2D eigenvalue weighted by molar-refractivity contribution is 6.32. The minimum atomic E-state index is 0.207. The predicted molar refractivity (Wildman–Crippen MR) is 58.0 cm³/mol. The van der Waals surface area contributed by atoms with Crippen LogP contribution in [0.4, 0.5) is 5.69 Å². The molecule has 1 fully saturated rings. The zero-order chi connectivity index (χ0) is 10.8. The van der Waals surface area contributed by atoms with Gasteiger partial charge in [-0.3, -0.25) is 4.79 Å². The second kappa shape index (κ2) is 3.92. The van der Waals surface area contributed by atoms with Crippen molar-refractivity contribution in [3.8, 4) is 6.07 Å². The van der Waals surface area contributed by atoms with Crippen molar-refractivity contribution in [2.45, 2.75) is 6.42 Å². The summed E-state index contributed by atoms with van der Waals surface area (Å²) in [6.07, 6.45) is 0.553. The number of carbonyl (C=O) groups is 1. The molecule has 76 valence electrons. The van der Waals surface area contributed by atoms with Crippen LogP contribution in [0.2, 0.25) is 5.02 Å². The van der Waals surface area contributed by atoms with Crippen LogP contribution >= 0.6 is 11.6 Å². The molecule has 1 aliphatic rings. The largest absolute Gasteiger partial charge is 0.363 e. The quantitative estimate of drug-likeness (QED) is 0.727. The Balaban J connectivity index is 2.40. The zero-order valence-corrected chi connectivity index (χ0v) is 8.79. The van der Waals surface area contributed by atoms with E-state index in [0.717, 1.165) is 5.69 Å². The molecule has 1 aromatic rings. The summed E-state index contributed by atoms with van der Waals surface area (Å²) >= 11 is 5.91. The highest BCUT2D eigenvalue weighted by Gasteiger charge is 2.22. The number of nitriles is 1. The van der Waals surface area contributed by atoms with Gasteiger partial charge in [-0.2, -0.15) is 5.26 Å². The number of rotatable bonds is 1. The van der Waals surface area contributed by atoms with Crippen LogP contribution in [0, 0.1) is 11.3 Å². The van der Waals surface area contributed by atoms with Crippen molar-refractivity contribution in [2.75, 3.05) is 18.0 Å². The maximum absolute atomic E-state index is 11.2. The highest BCUT2D eigenvalue weighted by Crippen LogP contribution is 2.28. The van der Waals surface area contributed by atoms with Gasteiger partial charge in [0.2, 0.25) is 0 Å². The van der Waals surface area contributed by atoms with E-state index in [4.69, 9.17) is 16.9 Å². The normalized spacial score (nSPS) is 15.5. The van der Waals surface area contributed by atoms with Gasteiger partial charge in [-0.1, -0.05) is 17.7 Å². The Kier molecular flexibility index (Phi) is 2.61. The molecular formula is C11H9ClN2O. The third kappa shape index (κ3) is 1.81. The average Bonchev–Trinajstić information content (AvgIpc) is 2.64. The predicted octanol–water partition coefficient (Wildman–Crippen LogP) is 1.99. The molecule has 1 aromatic carbocycles. The van der Waals surface area contributed by atoms with Crippen LogP contribution in [0.3, 0.4) is 0 Å². The van der Waals surface area contributed by atoms with Gasteiger partial charge in [0, 0.05) is 13.0 Å². The maximum atomic E-state index is 11.2. The van der Waals surface area contributed by atoms with Gasteiger partial charge in [-0.05, 0) is 12.1 Å². The van der Waals surface area contributed by atoms with Crippen molar-refractivity contribution in [2.24, 2.45) is 0 Å². The molecule has 0 spiro atoms. The number of Topliss-reactive ketones (excluding diaryl/α,β-unsaturated/α-hetero) is 1. The summed E-state index contributed by atoms with van der Waals surface area (Å²) in [6, 6.07) is 7.37. The van der Waals surface area contributed by atoms with E-state index in [-0.39, 0.29) is 5.78 Å². The van der Waals surface area contributed by atoms with Gasteiger partial charge < -0.3 is 4.90 Å². The summed E-state index contributed by atoms with van der Waals surface area (Å²) in [5.74, 6) is 0.207. The van der Waals surface area contributed by atoms with Gasteiger partial charge in [0.15, 0.2) is 5.78 Å². The molecule has 0 aliphatic carbocycles. The molecule has 15 heavy (non-hydrogen) atoms. The topological polar surface area (TPSA) is 44.1 Å². The van der Waals surface area contributed by atoms with Crippen LogP contribution in [0.25, 0.3) is 0 Å². The van der Waals surface area contributed by atoms with Crippen molar-refractivity contribution >= 4 is 23.1 Å². The first-order valence-electron chi connectivity index (χ1n) is 4.67. The Bertz CT molecular complexity index is 450. The van der Waals surface area contributed by atoms with E-state index in [9.17, 15) is 4.79 Å². The standard InChI is InChI=1S/C11H9ClN2O/c12-10-2-1-3-11(9(10)6-13)14-5-4-8(15)7-14/h1-3H,4-5,7H2. The molecule has 0 atom stereocenters. The summed E-state index contributed by atoms with van der Waals surface area (Å²) in [4.78, 5) is 13.0. The third-order valence-corrected chi connectivity index (χ3v) is 2.79. The Labute approximate surface area is 92.9 Å². The first-order chi connectivity index (χ1) is 7.22. The van der Waals surface area contributed by atoms with Crippen molar-refractivity contribution in [1.29, 1.82) is 5.26 Å². The fraction of sp³-hybridized carbons (Fsp3) is 0.273. The number of carbonyl (C=O) groups excluding carboxylic acids is 1. The van der Waals surface area contributed by atoms with Crippen LogP contribution < -0.4 is 4.90 Å². The average molecular weight is 221 g/mol. The Hall–Kier alpha value is -1.53. The first-order valence-corrected chi connectivity index (χ1v) is 5.05. The van der Waals surface area contributed by atoms with Gasteiger partial charge in [-0.25, -0.2) is 0 Å². The molecule has 0 N–H and O–H groups in total. The van der Waals surface area contributed by atoms with E-state index >= 15 is 0 Å². The van der Waals surface area contributed by atoms with E-state index in [1.165, 1.54) is 0 Å². The number of benzene rings is 1. The van der Waals surface area contributed by atoms with Crippen molar-refractivity contribution in [3.63, 3.8) is 0 Å². The monoisotopic (exact) mass is 220 g/mol. The fourth-order valence-corrected chi connectivity index (χ4v) is 1.94. The minimum absolute atomic E-state index is 0.207. The van der Waals surface area contributed by atoms with Crippen molar-refractivity contribution in [1.82, 2.24) is 0 Å². The molecule has 2 rings (SSSR count). The van der Waals surface area contributed by atoms with E-state index in [2.05, 4.69) is 6.07 Å². The molecule has 0 unspecified atom stereocenters. The van der Waals surface area contributed by atoms with E-state index in [1.807, 2.05) is 11.0 Å². The molecule has 0 radical (unpaired) electrons. The SMILES string of the molecule is N#Cc1c(Cl)cccc1N1CCC(=O)C1. The summed E-state index contributed by atoms with van der Waals surface area (Å²) < 4.78 is 0. The lowest BCUT2D eigenvalue weighted by Gasteiger charge is -2.18. The number of nitrogens with zero attached hydrogens (tertiary/aromatic N) is 2. The van der Waals surface area contributed by atoms with Gasteiger partial charge in [0.1, 0.15) is 6.07 Å². The smallest absolute Gasteiger partial charge is 0.153 e. The maximum Gasteiger partial charge on any atom is 0.153 e. The highest BCUT2D eigenvalue weighted by atomic mass is 35.5. The molecule has 0 bridgehead atoms. The molecule has 1 aliphatic heterocycles. The fourth-order valence-electron chi connectivity index (χ4n) is 1.72. The van der Waals surface area contributed by atoms with Crippen molar-refractivity contribution < 1.29 is 4.79 Å². The van der Waals surface area contributed by atoms with Gasteiger partial charge in [-0.15, -0.1) is 0 Å².